The van der Waals surface area contributed by atoms with Crippen LogP contribution in [0.5, 0.6) is 5.75 Å². The zero-order chi connectivity index (χ0) is 22.3. The number of aliphatic hydroxyl groups is 1. The van der Waals surface area contributed by atoms with Crippen molar-refractivity contribution in [2.75, 3.05) is 33.2 Å². The molecular formula is C23H30N4O4S. The van der Waals surface area contributed by atoms with E-state index in [4.69, 9.17) is 4.74 Å². The normalized spacial score (nSPS) is 29.2. The summed E-state index contributed by atoms with van der Waals surface area (Å²) in [5, 5.41) is 10.5. The molecule has 0 radical (unpaired) electrons. The summed E-state index contributed by atoms with van der Waals surface area (Å²) < 4.78 is 35.2. The van der Waals surface area contributed by atoms with Crippen molar-refractivity contribution in [3.8, 4) is 16.9 Å². The summed E-state index contributed by atoms with van der Waals surface area (Å²) in [5.74, 6) is 0.342. The van der Waals surface area contributed by atoms with Gasteiger partial charge in [0.2, 0.25) is 10.0 Å². The number of aliphatic hydroxyl groups excluding tert-OH is 1. The van der Waals surface area contributed by atoms with Gasteiger partial charge in [0, 0.05) is 50.2 Å². The third-order valence-electron chi connectivity index (χ3n) is 6.94. The quantitative estimate of drug-likeness (QED) is 0.701. The largest absolute Gasteiger partial charge is 0.486 e. The first-order valence-electron chi connectivity index (χ1n) is 11.2. The number of likely N-dealkylation sites (N-methyl/N-ethyl adjacent to an activating group) is 1. The molecule has 2 N–H and O–H groups in total. The van der Waals surface area contributed by atoms with Crippen LogP contribution in [0.25, 0.3) is 11.1 Å². The van der Waals surface area contributed by atoms with Crippen molar-refractivity contribution in [2.24, 2.45) is 0 Å². The highest BCUT2D eigenvalue weighted by Gasteiger charge is 2.42. The molecule has 5 rings (SSSR count). The number of pyridine rings is 1. The van der Waals surface area contributed by atoms with Crippen LogP contribution in [0.4, 0.5) is 0 Å². The van der Waals surface area contributed by atoms with E-state index in [1.165, 1.54) is 19.3 Å². The van der Waals surface area contributed by atoms with E-state index < -0.39 is 16.1 Å². The summed E-state index contributed by atoms with van der Waals surface area (Å²) in [6, 6.07) is 9.58. The lowest BCUT2D eigenvalue weighted by atomic mass is 9.92. The molecule has 32 heavy (non-hydrogen) atoms. The summed E-state index contributed by atoms with van der Waals surface area (Å²) in [5.41, 5.74) is 1.74. The molecule has 2 aliphatic heterocycles. The molecule has 3 heterocycles. The van der Waals surface area contributed by atoms with Crippen molar-refractivity contribution in [2.45, 2.75) is 48.4 Å². The van der Waals surface area contributed by atoms with Gasteiger partial charge in [-0.2, -0.15) is 0 Å². The van der Waals surface area contributed by atoms with Crippen LogP contribution in [0.3, 0.4) is 0 Å². The maximum atomic E-state index is 13.1. The highest BCUT2D eigenvalue weighted by molar-refractivity contribution is 7.89. The van der Waals surface area contributed by atoms with E-state index in [0.29, 0.717) is 18.3 Å². The van der Waals surface area contributed by atoms with Crippen molar-refractivity contribution in [1.82, 2.24) is 19.5 Å². The Kier molecular flexibility index (Phi) is 5.94. The first kappa shape index (κ1) is 21.8. The van der Waals surface area contributed by atoms with E-state index >= 15 is 0 Å². The Labute approximate surface area is 189 Å². The van der Waals surface area contributed by atoms with E-state index in [1.54, 1.807) is 30.6 Å². The molecule has 1 aliphatic carbocycles. The van der Waals surface area contributed by atoms with Gasteiger partial charge in [0.1, 0.15) is 16.7 Å². The SMILES string of the molecule is CN1C[C@@H](O)CNS(=O)(=O)c2ccc(-c3cccnc3)cc2O[C@H]2CN(C3CCC3)C[C@H]21. The predicted octanol–water partition coefficient (Wildman–Crippen LogP) is 1.32. The van der Waals surface area contributed by atoms with Crippen LogP contribution < -0.4 is 9.46 Å². The van der Waals surface area contributed by atoms with Crippen LogP contribution in [-0.4, -0.2) is 85.8 Å². The number of nitrogens with zero attached hydrogens (tertiary/aromatic N) is 3. The summed E-state index contributed by atoms with van der Waals surface area (Å²) in [4.78, 5) is 8.85. The number of ether oxygens (including phenoxy) is 1. The van der Waals surface area contributed by atoms with Gasteiger partial charge in [-0.3, -0.25) is 14.8 Å². The van der Waals surface area contributed by atoms with Crippen LogP contribution in [-0.2, 0) is 10.0 Å². The molecule has 1 aromatic carbocycles. The second-order valence-electron chi connectivity index (χ2n) is 9.11. The number of nitrogens with one attached hydrogen (secondary N) is 1. The minimum Gasteiger partial charge on any atom is -0.486 e. The topological polar surface area (TPSA) is 95.0 Å². The van der Waals surface area contributed by atoms with E-state index in [9.17, 15) is 13.5 Å². The fraction of sp³-hybridized carbons (Fsp3) is 0.522. The van der Waals surface area contributed by atoms with Crippen molar-refractivity contribution in [3.05, 3.63) is 42.7 Å². The number of sulfonamides is 1. The van der Waals surface area contributed by atoms with Crippen molar-refractivity contribution in [1.29, 1.82) is 0 Å². The number of hydrogen-bond acceptors (Lipinski definition) is 7. The van der Waals surface area contributed by atoms with E-state index in [2.05, 4.69) is 19.5 Å². The Morgan fingerprint density at radius 2 is 2.00 bits per heavy atom. The first-order chi connectivity index (χ1) is 15.4. The molecule has 0 amide bonds. The number of β-amino-alcohol motifs (C(OH)–C–C–N with tert-alkyl or cyclic N) is 1. The van der Waals surface area contributed by atoms with Gasteiger partial charge >= 0.3 is 0 Å². The van der Waals surface area contributed by atoms with Crippen LogP contribution in [0.1, 0.15) is 19.3 Å². The molecule has 1 saturated carbocycles. The van der Waals surface area contributed by atoms with Crippen molar-refractivity contribution >= 4 is 10.0 Å². The predicted molar refractivity (Wildman–Crippen MR) is 121 cm³/mol. The highest BCUT2D eigenvalue weighted by Crippen LogP contribution is 2.35. The van der Waals surface area contributed by atoms with Crippen LogP contribution in [0.2, 0.25) is 0 Å². The van der Waals surface area contributed by atoms with Gasteiger partial charge in [0.05, 0.1) is 12.1 Å². The maximum absolute atomic E-state index is 13.1. The average Bonchev–Trinajstić information content (AvgIpc) is 3.14. The molecule has 2 fully saturated rings. The lowest BCUT2D eigenvalue weighted by Crippen LogP contribution is -2.48. The zero-order valence-electron chi connectivity index (χ0n) is 18.2. The van der Waals surface area contributed by atoms with Crippen molar-refractivity contribution in [3.63, 3.8) is 0 Å². The summed E-state index contributed by atoms with van der Waals surface area (Å²) in [6.45, 7) is 1.94. The monoisotopic (exact) mass is 458 g/mol. The standard InChI is InChI=1S/C23H30N4O4S/c1-26-13-19(28)12-25-32(29,30)23-8-7-16(17-4-3-9-24-11-17)10-21(23)31-22-15-27(14-20(22)26)18-5-2-6-18/h3-4,7-11,18-20,22,25,28H,2,5-6,12-15H2,1H3/t19-,20+,22-/m0/s1. The minimum atomic E-state index is -3.84. The fourth-order valence-electron chi connectivity index (χ4n) is 4.89. The fourth-order valence-corrected chi connectivity index (χ4v) is 6.07. The summed E-state index contributed by atoms with van der Waals surface area (Å²) in [6.07, 6.45) is 6.12. The Balaban J connectivity index is 1.55. The zero-order valence-corrected chi connectivity index (χ0v) is 19.0. The van der Waals surface area contributed by atoms with Gasteiger partial charge in [0.15, 0.2) is 0 Å². The van der Waals surface area contributed by atoms with Gasteiger partial charge < -0.3 is 9.84 Å². The Morgan fingerprint density at radius 1 is 1.16 bits per heavy atom. The number of likely N-dealkylation sites (tertiary alicyclic amines) is 1. The Morgan fingerprint density at radius 3 is 2.72 bits per heavy atom. The molecule has 0 unspecified atom stereocenters. The molecule has 0 bridgehead atoms. The average molecular weight is 459 g/mol. The minimum absolute atomic E-state index is 0.0415. The highest BCUT2D eigenvalue weighted by atomic mass is 32.2. The van der Waals surface area contributed by atoms with Gasteiger partial charge in [-0.1, -0.05) is 18.6 Å². The summed E-state index contributed by atoms with van der Waals surface area (Å²) >= 11 is 0. The van der Waals surface area contributed by atoms with E-state index in [-0.39, 0.29) is 23.6 Å². The second-order valence-corrected chi connectivity index (χ2v) is 10.8. The molecule has 8 nitrogen and oxygen atoms in total. The molecule has 9 heteroatoms. The number of hydrogen-bond donors (Lipinski definition) is 2. The van der Waals surface area contributed by atoms with E-state index in [1.807, 2.05) is 19.2 Å². The number of rotatable bonds is 2. The first-order valence-corrected chi connectivity index (χ1v) is 12.7. The third kappa shape index (κ3) is 4.27. The molecule has 3 aliphatic rings. The second kappa shape index (κ2) is 8.72. The smallest absolute Gasteiger partial charge is 0.244 e. The van der Waals surface area contributed by atoms with Crippen LogP contribution >= 0.6 is 0 Å². The van der Waals surface area contributed by atoms with Gasteiger partial charge in [-0.05, 0) is 43.7 Å². The molecular weight excluding hydrogens is 428 g/mol. The maximum Gasteiger partial charge on any atom is 0.244 e. The molecule has 1 aromatic heterocycles. The number of benzene rings is 1. The van der Waals surface area contributed by atoms with Gasteiger partial charge in [-0.15, -0.1) is 0 Å². The molecule has 172 valence electrons. The van der Waals surface area contributed by atoms with Crippen molar-refractivity contribution < 1.29 is 18.3 Å². The number of aromatic nitrogens is 1. The lowest BCUT2D eigenvalue weighted by molar-refractivity contribution is 0.0712. The summed E-state index contributed by atoms with van der Waals surface area (Å²) in [7, 11) is -1.86. The van der Waals surface area contributed by atoms with Gasteiger partial charge in [-0.25, -0.2) is 13.1 Å². The molecule has 2 aromatic rings. The number of fused-ring (bicyclic) bond motifs is 2. The Bertz CT molecular complexity index is 1060. The van der Waals surface area contributed by atoms with Crippen LogP contribution in [0.15, 0.2) is 47.6 Å². The molecule has 1 saturated heterocycles. The molecule has 3 atom stereocenters. The van der Waals surface area contributed by atoms with Crippen LogP contribution in [0, 0.1) is 0 Å². The van der Waals surface area contributed by atoms with Gasteiger partial charge in [0.25, 0.3) is 0 Å². The van der Waals surface area contributed by atoms with E-state index in [0.717, 1.165) is 24.2 Å². The molecule has 0 spiro atoms. The third-order valence-corrected chi connectivity index (χ3v) is 8.40. The Hall–Kier alpha value is -2.04. The lowest BCUT2D eigenvalue weighted by Gasteiger charge is -2.35.